The first kappa shape index (κ1) is 30.8. The predicted molar refractivity (Wildman–Crippen MR) is 126 cm³/mol. The number of aromatic hydroxyl groups is 1. The molecular weight excluding hydrogens is 494 g/mol. The summed E-state index contributed by atoms with van der Waals surface area (Å²) < 4.78 is 0. The molecule has 15 nitrogen and oxygen atoms in total. The molecule has 0 spiro atoms. The van der Waals surface area contributed by atoms with Crippen LogP contribution in [-0.2, 0) is 35.2 Å². The number of carboxylic acid groups (broad SMARTS) is 2. The van der Waals surface area contributed by atoms with E-state index in [2.05, 4.69) is 10.6 Å². The van der Waals surface area contributed by atoms with E-state index in [1.807, 2.05) is 5.32 Å². The molecule has 0 bridgehead atoms. The summed E-state index contributed by atoms with van der Waals surface area (Å²) in [6.07, 6.45) is -1.60. The number of primary amides is 1. The number of hydrogen-bond donors (Lipinski definition) is 9. The highest BCUT2D eigenvalue weighted by Gasteiger charge is 2.30. The maximum atomic E-state index is 12.9. The van der Waals surface area contributed by atoms with E-state index in [0.29, 0.717) is 5.56 Å². The van der Waals surface area contributed by atoms with Crippen molar-refractivity contribution in [2.75, 3.05) is 6.61 Å². The van der Waals surface area contributed by atoms with E-state index < -0.39 is 72.8 Å². The van der Waals surface area contributed by atoms with Crippen LogP contribution in [0.3, 0.4) is 0 Å². The molecule has 0 saturated carbocycles. The van der Waals surface area contributed by atoms with E-state index in [9.17, 15) is 33.9 Å². The topological polar surface area (TPSA) is 271 Å². The van der Waals surface area contributed by atoms with Crippen LogP contribution in [0.2, 0.25) is 0 Å². The average Bonchev–Trinajstić information content (AvgIpc) is 2.83. The molecule has 0 heterocycles. The quantitative estimate of drug-likeness (QED) is 0.104. The van der Waals surface area contributed by atoms with Crippen molar-refractivity contribution in [2.24, 2.45) is 11.5 Å². The summed E-state index contributed by atoms with van der Waals surface area (Å²) in [6, 6.07) is 0.0686. The normalized spacial score (nSPS) is 13.9. The van der Waals surface area contributed by atoms with Crippen LogP contribution in [0, 0.1) is 0 Å². The number of nitrogens with two attached hydrogens (primary N) is 2. The summed E-state index contributed by atoms with van der Waals surface area (Å²) in [5.74, 6) is -6.48. The fraction of sp³-hybridized carbons (Fsp3) is 0.455. The van der Waals surface area contributed by atoms with Crippen LogP contribution >= 0.6 is 0 Å². The lowest BCUT2D eigenvalue weighted by Crippen LogP contribution is -2.57. The third-order valence-electron chi connectivity index (χ3n) is 5.12. The summed E-state index contributed by atoms with van der Waals surface area (Å²) >= 11 is 0. The molecule has 1 aromatic carbocycles. The molecule has 204 valence electrons. The monoisotopic (exact) mass is 525 g/mol. The molecule has 4 unspecified atom stereocenters. The van der Waals surface area contributed by atoms with Crippen LogP contribution in [0.4, 0.5) is 0 Å². The number of nitrogens with one attached hydrogen (secondary N) is 3. The van der Waals surface area contributed by atoms with E-state index >= 15 is 0 Å². The van der Waals surface area contributed by atoms with Crippen LogP contribution in [0.5, 0.6) is 5.75 Å². The Morgan fingerprint density at radius 2 is 1.27 bits per heavy atom. The number of benzene rings is 1. The lowest BCUT2D eigenvalue weighted by atomic mass is 10.0. The van der Waals surface area contributed by atoms with E-state index in [1.54, 1.807) is 0 Å². The molecule has 1 aromatic rings. The zero-order valence-corrected chi connectivity index (χ0v) is 19.8. The number of aliphatic hydroxyl groups excluding tert-OH is 1. The second kappa shape index (κ2) is 15.0. The number of phenolic OH excluding ortho intramolecular Hbond substituents is 1. The molecule has 0 radical (unpaired) electrons. The van der Waals surface area contributed by atoms with Gasteiger partial charge in [0.25, 0.3) is 0 Å². The fourth-order valence-electron chi connectivity index (χ4n) is 3.08. The van der Waals surface area contributed by atoms with Gasteiger partial charge in [-0.3, -0.25) is 24.0 Å². The van der Waals surface area contributed by atoms with Gasteiger partial charge in [0.05, 0.1) is 12.6 Å². The molecule has 0 aliphatic heterocycles. The van der Waals surface area contributed by atoms with Crippen LogP contribution in [0.1, 0.15) is 31.2 Å². The summed E-state index contributed by atoms with van der Waals surface area (Å²) in [7, 11) is 0. The van der Waals surface area contributed by atoms with Crippen molar-refractivity contribution in [3.63, 3.8) is 0 Å². The van der Waals surface area contributed by atoms with Gasteiger partial charge in [0, 0.05) is 12.8 Å². The van der Waals surface area contributed by atoms with Gasteiger partial charge in [0.15, 0.2) is 0 Å². The number of aliphatic hydroxyl groups is 1. The van der Waals surface area contributed by atoms with Gasteiger partial charge in [0.1, 0.15) is 23.9 Å². The van der Waals surface area contributed by atoms with Gasteiger partial charge in [-0.25, -0.2) is 4.79 Å². The molecule has 0 fully saturated rings. The number of phenols is 1. The number of aliphatic carboxylic acids is 2. The number of carbonyl (C=O) groups excluding carboxylic acids is 4. The fourth-order valence-corrected chi connectivity index (χ4v) is 3.08. The van der Waals surface area contributed by atoms with Gasteiger partial charge >= 0.3 is 11.9 Å². The first-order chi connectivity index (χ1) is 17.3. The SMILES string of the molecule is NC(=O)CCC(NC(=O)C(CCC(=O)O)NC(=O)C(N)Cc1ccc(O)cc1)C(=O)NC(CO)C(=O)O. The van der Waals surface area contributed by atoms with Gasteiger partial charge in [-0.1, -0.05) is 12.1 Å². The lowest BCUT2D eigenvalue weighted by Gasteiger charge is -2.24. The molecule has 11 N–H and O–H groups in total. The maximum absolute atomic E-state index is 12.9. The van der Waals surface area contributed by atoms with Gasteiger partial charge in [-0.05, 0) is 37.0 Å². The Kier molecular flexibility index (Phi) is 12.5. The molecular formula is C22H31N5O10. The Morgan fingerprint density at radius 3 is 1.73 bits per heavy atom. The first-order valence-electron chi connectivity index (χ1n) is 11.1. The van der Waals surface area contributed by atoms with Crippen molar-refractivity contribution < 1.29 is 49.2 Å². The Labute approximate surface area is 211 Å². The number of rotatable bonds is 16. The van der Waals surface area contributed by atoms with E-state index in [4.69, 9.17) is 26.8 Å². The molecule has 0 aliphatic rings. The first-order valence-corrected chi connectivity index (χ1v) is 11.1. The smallest absolute Gasteiger partial charge is 0.328 e. The van der Waals surface area contributed by atoms with E-state index in [1.165, 1.54) is 24.3 Å². The van der Waals surface area contributed by atoms with Crippen LogP contribution in [0.25, 0.3) is 0 Å². The standard InChI is InChI=1S/C22H31N5O10/c23-13(9-11-1-3-12(29)4-2-11)19(33)25-15(6-8-18(31)32)20(34)26-14(5-7-17(24)30)21(35)27-16(10-28)22(36)37/h1-4,13-16,28-29H,5-10,23H2,(H2,24,30)(H,25,33)(H,26,34)(H,27,35)(H,31,32)(H,36,37). The zero-order valence-electron chi connectivity index (χ0n) is 19.8. The Hall–Kier alpha value is -4.24. The molecule has 15 heteroatoms. The van der Waals surface area contributed by atoms with Crippen molar-refractivity contribution in [3.8, 4) is 5.75 Å². The molecule has 4 amide bonds. The van der Waals surface area contributed by atoms with Crippen molar-refractivity contribution in [1.29, 1.82) is 0 Å². The molecule has 4 atom stereocenters. The highest BCUT2D eigenvalue weighted by Crippen LogP contribution is 2.11. The highest BCUT2D eigenvalue weighted by molar-refractivity contribution is 5.94. The minimum Gasteiger partial charge on any atom is -0.508 e. The Bertz CT molecular complexity index is 985. The minimum absolute atomic E-state index is 0.00997. The number of hydrogen-bond acceptors (Lipinski definition) is 9. The number of amides is 4. The van der Waals surface area contributed by atoms with Crippen LogP contribution < -0.4 is 27.4 Å². The minimum atomic E-state index is -1.69. The van der Waals surface area contributed by atoms with Gasteiger partial charge in [-0.15, -0.1) is 0 Å². The summed E-state index contributed by atoms with van der Waals surface area (Å²) in [5.41, 5.74) is 11.6. The van der Waals surface area contributed by atoms with Crippen molar-refractivity contribution >= 4 is 35.6 Å². The second-order valence-corrected chi connectivity index (χ2v) is 8.12. The lowest BCUT2D eigenvalue weighted by molar-refractivity contribution is -0.143. The third-order valence-corrected chi connectivity index (χ3v) is 5.12. The molecule has 0 aromatic heterocycles. The third kappa shape index (κ3) is 11.4. The molecule has 0 aliphatic carbocycles. The average molecular weight is 526 g/mol. The van der Waals surface area contributed by atoms with Crippen molar-refractivity contribution in [3.05, 3.63) is 29.8 Å². The van der Waals surface area contributed by atoms with E-state index in [0.717, 1.165) is 0 Å². The van der Waals surface area contributed by atoms with Crippen LogP contribution in [-0.4, -0.2) is 86.8 Å². The Morgan fingerprint density at radius 1 is 0.784 bits per heavy atom. The number of carbonyl (C=O) groups is 6. The summed E-state index contributed by atoms with van der Waals surface area (Å²) in [4.78, 5) is 71.4. The maximum Gasteiger partial charge on any atom is 0.328 e. The van der Waals surface area contributed by atoms with Crippen molar-refractivity contribution in [2.45, 2.75) is 56.3 Å². The number of carboxylic acids is 2. The Balaban J connectivity index is 3.00. The zero-order chi connectivity index (χ0) is 28.1. The largest absolute Gasteiger partial charge is 0.508 e. The van der Waals surface area contributed by atoms with Crippen molar-refractivity contribution in [1.82, 2.24) is 16.0 Å². The van der Waals surface area contributed by atoms with Gasteiger partial charge in [-0.2, -0.15) is 0 Å². The predicted octanol–water partition coefficient (Wildman–Crippen LogP) is -3.08. The highest BCUT2D eigenvalue weighted by atomic mass is 16.4. The molecule has 37 heavy (non-hydrogen) atoms. The van der Waals surface area contributed by atoms with Gasteiger partial charge in [0.2, 0.25) is 23.6 Å². The van der Waals surface area contributed by atoms with E-state index in [-0.39, 0.29) is 31.4 Å². The summed E-state index contributed by atoms with van der Waals surface area (Å²) in [6.45, 7) is -0.951. The second-order valence-electron chi connectivity index (χ2n) is 8.12. The molecule has 0 saturated heterocycles. The molecule has 1 rings (SSSR count). The van der Waals surface area contributed by atoms with Gasteiger partial charge < -0.3 is 47.8 Å². The van der Waals surface area contributed by atoms with Crippen LogP contribution in [0.15, 0.2) is 24.3 Å². The summed E-state index contributed by atoms with van der Waals surface area (Å²) in [5, 5.41) is 43.1.